The Labute approximate surface area is 176 Å². The molecule has 0 saturated carbocycles. The number of piperazine rings is 1. The summed E-state index contributed by atoms with van der Waals surface area (Å²) in [6.45, 7) is 7.32. The molecule has 154 valence electrons. The van der Waals surface area contributed by atoms with Gasteiger partial charge in [-0.15, -0.1) is 0 Å². The molecular formula is C24H26N4O2. The van der Waals surface area contributed by atoms with Gasteiger partial charge in [0.05, 0.1) is 11.9 Å². The molecule has 0 aliphatic carbocycles. The average Bonchev–Trinajstić information content (AvgIpc) is 3.17. The van der Waals surface area contributed by atoms with E-state index in [1.165, 1.54) is 11.3 Å². The smallest absolute Gasteiger partial charge is 0.244 e. The third-order valence-corrected chi connectivity index (χ3v) is 6.04. The number of carbonyl (C=O) groups excluding carboxylic acids is 1. The van der Waals surface area contributed by atoms with Crippen LogP contribution in [-0.2, 0) is 17.9 Å². The molecule has 1 saturated heterocycles. The van der Waals surface area contributed by atoms with Crippen LogP contribution in [0, 0.1) is 6.92 Å². The molecule has 3 aromatic rings. The minimum Gasteiger partial charge on any atom is -0.488 e. The topological polar surface area (TPSA) is 50.6 Å². The zero-order valence-corrected chi connectivity index (χ0v) is 17.4. The summed E-state index contributed by atoms with van der Waals surface area (Å²) in [5, 5.41) is 4.50. The maximum Gasteiger partial charge on any atom is 0.244 e. The molecule has 1 aromatic heterocycles. The predicted octanol–water partition coefficient (Wildman–Crippen LogP) is 3.49. The van der Waals surface area contributed by atoms with Crippen molar-refractivity contribution in [3.8, 4) is 17.0 Å². The van der Waals surface area contributed by atoms with Gasteiger partial charge in [0.25, 0.3) is 0 Å². The van der Waals surface area contributed by atoms with Gasteiger partial charge < -0.3 is 14.5 Å². The van der Waals surface area contributed by atoms with Crippen LogP contribution < -0.4 is 9.64 Å². The SMILES string of the molecule is Cc1cccc(N2CCN(C(=O)Cn3ncc4c3-c3ccccc3OC4)C[C@H]2C)c1. The molecule has 0 unspecified atom stereocenters. The number of benzene rings is 2. The summed E-state index contributed by atoms with van der Waals surface area (Å²) in [7, 11) is 0. The van der Waals surface area contributed by atoms with E-state index in [2.05, 4.69) is 48.1 Å². The van der Waals surface area contributed by atoms with E-state index < -0.39 is 0 Å². The van der Waals surface area contributed by atoms with Gasteiger partial charge in [-0.25, -0.2) is 0 Å². The van der Waals surface area contributed by atoms with Gasteiger partial charge in [-0.2, -0.15) is 5.10 Å². The van der Waals surface area contributed by atoms with Crippen LogP contribution in [0.3, 0.4) is 0 Å². The molecule has 0 N–H and O–H groups in total. The van der Waals surface area contributed by atoms with Crippen molar-refractivity contribution in [1.29, 1.82) is 0 Å². The van der Waals surface area contributed by atoms with E-state index >= 15 is 0 Å². The summed E-state index contributed by atoms with van der Waals surface area (Å²) in [6, 6.07) is 16.8. The van der Waals surface area contributed by atoms with E-state index in [0.29, 0.717) is 6.61 Å². The number of fused-ring (bicyclic) bond motifs is 3. The van der Waals surface area contributed by atoms with Gasteiger partial charge in [0.15, 0.2) is 0 Å². The molecule has 2 aliphatic rings. The highest BCUT2D eigenvalue weighted by molar-refractivity contribution is 5.79. The van der Waals surface area contributed by atoms with Crippen molar-refractivity contribution in [2.24, 2.45) is 0 Å². The molecule has 0 radical (unpaired) electrons. The second-order valence-corrected chi connectivity index (χ2v) is 8.18. The highest BCUT2D eigenvalue weighted by Crippen LogP contribution is 2.37. The number of carbonyl (C=O) groups is 1. The van der Waals surface area contributed by atoms with Crippen LogP contribution in [0.15, 0.2) is 54.7 Å². The summed E-state index contributed by atoms with van der Waals surface area (Å²) >= 11 is 0. The fourth-order valence-corrected chi connectivity index (χ4v) is 4.51. The first-order valence-electron chi connectivity index (χ1n) is 10.5. The Morgan fingerprint density at radius 3 is 2.87 bits per heavy atom. The lowest BCUT2D eigenvalue weighted by Crippen LogP contribution is -2.54. The standard InChI is InChI=1S/C24H26N4O2/c1-17-6-5-7-20(12-17)27-11-10-26(14-18(27)2)23(29)15-28-24-19(13-25-28)16-30-22-9-4-3-8-21(22)24/h3-9,12-13,18H,10-11,14-16H2,1-2H3/t18-/m1/s1. The Bertz CT molecular complexity index is 1090. The quantitative estimate of drug-likeness (QED) is 0.673. The maximum atomic E-state index is 13.1. The molecule has 5 rings (SSSR count). The summed E-state index contributed by atoms with van der Waals surface area (Å²) in [4.78, 5) is 17.5. The zero-order valence-electron chi connectivity index (χ0n) is 17.4. The summed E-state index contributed by atoms with van der Waals surface area (Å²) in [6.07, 6.45) is 1.82. The number of aromatic nitrogens is 2. The Morgan fingerprint density at radius 2 is 2.03 bits per heavy atom. The molecule has 3 heterocycles. The number of ether oxygens (including phenoxy) is 1. The second-order valence-electron chi connectivity index (χ2n) is 8.18. The highest BCUT2D eigenvalue weighted by Gasteiger charge is 2.29. The monoisotopic (exact) mass is 402 g/mol. The zero-order chi connectivity index (χ0) is 20.7. The van der Waals surface area contributed by atoms with Crippen molar-refractivity contribution in [1.82, 2.24) is 14.7 Å². The fraction of sp³-hybridized carbons (Fsp3) is 0.333. The van der Waals surface area contributed by atoms with Crippen molar-refractivity contribution in [2.75, 3.05) is 24.5 Å². The van der Waals surface area contributed by atoms with Gasteiger partial charge in [0.2, 0.25) is 5.91 Å². The first kappa shape index (κ1) is 18.7. The molecule has 1 amide bonds. The third-order valence-electron chi connectivity index (χ3n) is 6.04. The van der Waals surface area contributed by atoms with Crippen molar-refractivity contribution in [3.63, 3.8) is 0 Å². The van der Waals surface area contributed by atoms with Gasteiger partial charge in [-0.1, -0.05) is 24.3 Å². The maximum absolute atomic E-state index is 13.1. The van der Waals surface area contributed by atoms with Gasteiger partial charge in [0.1, 0.15) is 18.9 Å². The summed E-state index contributed by atoms with van der Waals surface area (Å²) < 4.78 is 7.64. The molecule has 0 bridgehead atoms. The van der Waals surface area contributed by atoms with Crippen LogP contribution in [0.5, 0.6) is 5.75 Å². The van der Waals surface area contributed by atoms with Crippen LogP contribution in [0.25, 0.3) is 11.3 Å². The largest absolute Gasteiger partial charge is 0.488 e. The third kappa shape index (κ3) is 3.32. The normalized spacial score (nSPS) is 17.9. The molecule has 1 atom stereocenters. The van der Waals surface area contributed by atoms with Crippen molar-refractivity contribution >= 4 is 11.6 Å². The lowest BCUT2D eigenvalue weighted by Gasteiger charge is -2.41. The number of anilines is 1. The van der Waals surface area contributed by atoms with Gasteiger partial charge in [-0.05, 0) is 43.7 Å². The number of aryl methyl sites for hydroxylation is 1. The fourth-order valence-electron chi connectivity index (χ4n) is 4.51. The first-order chi connectivity index (χ1) is 14.6. The Kier molecular flexibility index (Phi) is 4.69. The lowest BCUT2D eigenvalue weighted by atomic mass is 10.0. The number of para-hydroxylation sites is 1. The van der Waals surface area contributed by atoms with Crippen LogP contribution in [0.4, 0.5) is 5.69 Å². The predicted molar refractivity (Wildman–Crippen MR) is 117 cm³/mol. The summed E-state index contributed by atoms with van der Waals surface area (Å²) in [5.74, 6) is 0.959. The minimum atomic E-state index is 0.112. The molecule has 1 fully saturated rings. The number of hydrogen-bond donors (Lipinski definition) is 0. The van der Waals surface area contributed by atoms with Gasteiger partial charge in [0, 0.05) is 42.5 Å². The van der Waals surface area contributed by atoms with E-state index in [1.807, 2.05) is 40.0 Å². The lowest BCUT2D eigenvalue weighted by molar-refractivity contribution is -0.132. The highest BCUT2D eigenvalue weighted by atomic mass is 16.5. The number of rotatable bonds is 3. The van der Waals surface area contributed by atoms with Crippen molar-refractivity contribution in [3.05, 3.63) is 65.9 Å². The van der Waals surface area contributed by atoms with Crippen LogP contribution >= 0.6 is 0 Å². The molecule has 2 aliphatic heterocycles. The van der Waals surface area contributed by atoms with Crippen LogP contribution in [0.2, 0.25) is 0 Å². The molecule has 0 spiro atoms. The first-order valence-corrected chi connectivity index (χ1v) is 10.5. The number of nitrogens with zero attached hydrogens (tertiary/aromatic N) is 4. The van der Waals surface area contributed by atoms with Crippen LogP contribution in [-0.4, -0.2) is 46.3 Å². The number of amides is 1. The number of hydrogen-bond acceptors (Lipinski definition) is 4. The molecule has 6 heteroatoms. The molecule has 6 nitrogen and oxygen atoms in total. The van der Waals surface area contributed by atoms with Crippen molar-refractivity contribution < 1.29 is 9.53 Å². The van der Waals surface area contributed by atoms with Crippen molar-refractivity contribution in [2.45, 2.75) is 33.0 Å². The Balaban J connectivity index is 1.31. The van der Waals surface area contributed by atoms with E-state index in [9.17, 15) is 4.79 Å². The van der Waals surface area contributed by atoms with E-state index in [1.54, 1.807) is 0 Å². The average molecular weight is 402 g/mol. The Morgan fingerprint density at radius 1 is 1.17 bits per heavy atom. The Hall–Kier alpha value is -3.28. The van der Waals surface area contributed by atoms with E-state index in [4.69, 9.17) is 4.74 Å². The minimum absolute atomic E-state index is 0.112. The van der Waals surface area contributed by atoms with Gasteiger partial charge >= 0.3 is 0 Å². The molecule has 30 heavy (non-hydrogen) atoms. The van der Waals surface area contributed by atoms with E-state index in [-0.39, 0.29) is 18.5 Å². The van der Waals surface area contributed by atoms with Gasteiger partial charge in [-0.3, -0.25) is 9.48 Å². The molecule has 2 aromatic carbocycles. The second kappa shape index (κ2) is 7.52. The van der Waals surface area contributed by atoms with E-state index in [0.717, 1.165) is 42.2 Å². The van der Waals surface area contributed by atoms with Crippen LogP contribution in [0.1, 0.15) is 18.1 Å². The summed E-state index contributed by atoms with van der Waals surface area (Å²) in [5.41, 5.74) is 5.51. The molecular weight excluding hydrogens is 376 g/mol.